The molecular formula is C11H6BrHgO2. The Morgan fingerprint density at radius 1 is 1.13 bits per heavy atom. The number of benzene rings is 2. The van der Waals surface area contributed by atoms with E-state index in [2.05, 4.69) is 15.9 Å². The summed E-state index contributed by atoms with van der Waals surface area (Å²) in [6, 6.07) is 11.5. The molecule has 0 radical (unpaired) electrons. The van der Waals surface area contributed by atoms with E-state index in [9.17, 15) is 4.79 Å². The van der Waals surface area contributed by atoms with Gasteiger partial charge in [-0.2, -0.15) is 0 Å². The molecule has 0 heterocycles. The van der Waals surface area contributed by atoms with Gasteiger partial charge in [-0.1, -0.05) is 0 Å². The van der Waals surface area contributed by atoms with Crippen molar-refractivity contribution >= 4 is 32.7 Å². The zero-order valence-electron chi connectivity index (χ0n) is 7.87. The van der Waals surface area contributed by atoms with Crippen LogP contribution in [0.1, 0.15) is 10.4 Å². The van der Waals surface area contributed by atoms with Gasteiger partial charge in [-0.25, -0.2) is 0 Å². The predicted molar refractivity (Wildman–Crippen MR) is 57.1 cm³/mol. The van der Waals surface area contributed by atoms with E-state index in [4.69, 9.17) is 2.64 Å². The van der Waals surface area contributed by atoms with Gasteiger partial charge in [0.25, 0.3) is 0 Å². The molecule has 0 unspecified atom stereocenters. The first-order valence-electron chi connectivity index (χ1n) is 4.37. The van der Waals surface area contributed by atoms with Crippen LogP contribution in [0.5, 0.6) is 0 Å². The minimum atomic E-state index is -0.220. The number of fused-ring (bicyclic) bond motifs is 1. The Hall–Kier alpha value is -0.415. The van der Waals surface area contributed by atoms with Gasteiger partial charge < -0.3 is 0 Å². The molecule has 2 rings (SSSR count). The summed E-state index contributed by atoms with van der Waals surface area (Å²) in [5.41, 5.74) is 0.642. The van der Waals surface area contributed by atoms with Crippen LogP contribution in [-0.4, -0.2) is 5.97 Å². The summed E-state index contributed by atoms with van der Waals surface area (Å²) in [5.74, 6) is -0.220. The van der Waals surface area contributed by atoms with Crippen molar-refractivity contribution in [1.82, 2.24) is 0 Å². The molecular weight excluding hydrogens is 445 g/mol. The summed E-state index contributed by atoms with van der Waals surface area (Å²) < 4.78 is 5.92. The summed E-state index contributed by atoms with van der Waals surface area (Å²) in [5, 5.41) is 1.97. The summed E-state index contributed by atoms with van der Waals surface area (Å²) in [4.78, 5) is 11.5. The molecule has 0 saturated heterocycles. The Morgan fingerprint density at radius 2 is 1.80 bits per heavy atom. The number of carbonyl (C=O) groups excluding carboxylic acids is 1. The molecule has 2 nitrogen and oxygen atoms in total. The van der Waals surface area contributed by atoms with Gasteiger partial charge in [0.2, 0.25) is 0 Å². The van der Waals surface area contributed by atoms with Crippen molar-refractivity contribution in [2.75, 3.05) is 0 Å². The van der Waals surface area contributed by atoms with Crippen LogP contribution in [0, 0.1) is 0 Å². The molecule has 0 fully saturated rings. The normalized spacial score (nSPS) is 10.3. The fourth-order valence-electron chi connectivity index (χ4n) is 1.52. The monoisotopic (exact) mass is 451 g/mol. The SMILES string of the molecule is O=C([O][Hg])c1ccc(Br)c2ccccc12. The van der Waals surface area contributed by atoms with Crippen LogP contribution in [0.25, 0.3) is 10.8 Å². The number of hydrogen-bond acceptors (Lipinski definition) is 2. The van der Waals surface area contributed by atoms with Gasteiger partial charge >= 0.3 is 113 Å². The number of hydrogen-bond donors (Lipinski definition) is 0. The first kappa shape index (κ1) is 11.1. The average molecular weight is 451 g/mol. The van der Waals surface area contributed by atoms with Crippen molar-refractivity contribution < 1.29 is 34.0 Å². The summed E-state index contributed by atoms with van der Waals surface area (Å²) in [6.45, 7) is 0. The molecule has 4 heteroatoms. The topological polar surface area (TPSA) is 26.3 Å². The van der Waals surface area contributed by atoms with Crippen LogP contribution in [-0.2, 0) is 29.2 Å². The van der Waals surface area contributed by atoms with Crippen molar-refractivity contribution in [2.45, 2.75) is 0 Å². The zero-order valence-corrected chi connectivity index (χ0v) is 14.9. The molecule has 0 spiro atoms. The van der Waals surface area contributed by atoms with E-state index in [1.54, 1.807) is 6.07 Å². The van der Waals surface area contributed by atoms with E-state index in [1.807, 2.05) is 30.3 Å². The maximum absolute atomic E-state index is 11.5. The van der Waals surface area contributed by atoms with Gasteiger partial charge in [-0.3, -0.25) is 0 Å². The van der Waals surface area contributed by atoms with Gasteiger partial charge in [-0.05, 0) is 0 Å². The molecule has 0 bridgehead atoms. The van der Waals surface area contributed by atoms with Gasteiger partial charge in [-0.15, -0.1) is 0 Å². The summed E-state index contributed by atoms with van der Waals surface area (Å²) in [7, 11) is 0. The zero-order chi connectivity index (χ0) is 10.8. The van der Waals surface area contributed by atoms with E-state index < -0.39 is 0 Å². The summed E-state index contributed by atoms with van der Waals surface area (Å²) >= 11 is 3.50. The molecule has 2 aromatic carbocycles. The molecule has 0 saturated carbocycles. The molecule has 0 atom stereocenters. The van der Waals surface area contributed by atoms with Crippen LogP contribution in [0.2, 0.25) is 0 Å². The first-order chi connectivity index (χ1) is 7.24. The molecule has 0 aromatic heterocycles. The van der Waals surface area contributed by atoms with Crippen molar-refractivity contribution in [1.29, 1.82) is 0 Å². The van der Waals surface area contributed by atoms with Crippen LogP contribution >= 0.6 is 15.9 Å². The number of carbonyl (C=O) groups is 1. The third-order valence-corrected chi connectivity index (χ3v) is 3.93. The van der Waals surface area contributed by atoms with E-state index >= 15 is 0 Å². The molecule has 15 heavy (non-hydrogen) atoms. The van der Waals surface area contributed by atoms with Crippen molar-refractivity contribution in [3.63, 3.8) is 0 Å². The standard InChI is InChI=1S/C11H7BrO2.Hg/c12-10-6-5-9(11(13)14)7-3-1-2-4-8(7)10;/h1-6H,(H,13,14);/q;+1/p-1. The van der Waals surface area contributed by atoms with Crippen LogP contribution < -0.4 is 0 Å². The van der Waals surface area contributed by atoms with Crippen molar-refractivity contribution in [3.8, 4) is 0 Å². The minimum absolute atomic E-state index is 0.0332. The Morgan fingerprint density at radius 3 is 2.47 bits per heavy atom. The maximum atomic E-state index is 11.5. The molecule has 0 N–H and O–H groups in total. The van der Waals surface area contributed by atoms with Crippen LogP contribution in [0.15, 0.2) is 40.9 Å². The Kier molecular flexibility index (Phi) is 3.41. The number of halogens is 1. The predicted octanol–water partition coefficient (Wildman–Crippen LogP) is 3.22. The van der Waals surface area contributed by atoms with E-state index in [-0.39, 0.29) is 32.5 Å². The Balaban J connectivity index is 2.77. The Labute approximate surface area is 112 Å². The molecule has 0 aliphatic carbocycles. The Bertz CT molecular complexity index is 525. The molecule has 0 amide bonds. The van der Waals surface area contributed by atoms with E-state index in [1.165, 1.54) is 0 Å². The third kappa shape index (κ3) is 2.08. The van der Waals surface area contributed by atoms with Gasteiger partial charge in [0.05, 0.1) is 0 Å². The third-order valence-electron chi connectivity index (χ3n) is 2.22. The molecule has 0 aliphatic heterocycles. The first-order valence-corrected chi connectivity index (χ1v) is 7.41. The fraction of sp³-hybridized carbons (Fsp3) is 0. The second kappa shape index (κ2) is 4.62. The fourth-order valence-corrected chi connectivity index (χ4v) is 2.60. The van der Waals surface area contributed by atoms with Crippen molar-refractivity contribution in [2.24, 2.45) is 0 Å². The van der Waals surface area contributed by atoms with Gasteiger partial charge in [0, 0.05) is 0 Å². The van der Waals surface area contributed by atoms with Gasteiger partial charge in [0.1, 0.15) is 0 Å². The summed E-state index contributed by atoms with van der Waals surface area (Å²) in [6.07, 6.45) is 0. The van der Waals surface area contributed by atoms with E-state index in [0.29, 0.717) is 5.56 Å². The van der Waals surface area contributed by atoms with Gasteiger partial charge in [0.15, 0.2) is 0 Å². The number of rotatable bonds is 1. The molecule has 71 valence electrons. The van der Waals surface area contributed by atoms with Crippen LogP contribution in [0.4, 0.5) is 0 Å². The van der Waals surface area contributed by atoms with Crippen molar-refractivity contribution in [3.05, 3.63) is 46.4 Å². The quantitative estimate of drug-likeness (QED) is 0.624. The van der Waals surface area contributed by atoms with E-state index in [0.717, 1.165) is 15.2 Å². The second-order valence-electron chi connectivity index (χ2n) is 3.07. The molecule has 2 aromatic rings. The molecule has 0 aliphatic rings. The average Bonchev–Trinajstić information content (AvgIpc) is 2.29. The second-order valence-corrected chi connectivity index (χ2v) is 5.05. The van der Waals surface area contributed by atoms with Crippen LogP contribution in [0.3, 0.4) is 0 Å².